The van der Waals surface area contributed by atoms with E-state index in [4.69, 9.17) is 5.73 Å². The topological polar surface area (TPSA) is 63.8 Å². The van der Waals surface area contributed by atoms with Crippen LogP contribution in [0.4, 0.5) is 16.0 Å². The van der Waals surface area contributed by atoms with Crippen molar-refractivity contribution in [2.45, 2.75) is 6.54 Å². The number of hydrogen-bond acceptors (Lipinski definition) is 4. The second kappa shape index (κ2) is 4.57. The summed E-state index contributed by atoms with van der Waals surface area (Å²) in [6.45, 7) is 0.512. The molecule has 0 bridgehead atoms. The van der Waals surface area contributed by atoms with E-state index in [0.29, 0.717) is 18.2 Å². The fourth-order valence-corrected chi connectivity index (χ4v) is 1.27. The van der Waals surface area contributed by atoms with Gasteiger partial charge in [-0.25, -0.2) is 14.4 Å². The second-order valence-corrected chi connectivity index (χ2v) is 3.28. The molecule has 1 heterocycles. The van der Waals surface area contributed by atoms with Crippen molar-refractivity contribution in [3.8, 4) is 0 Å². The number of nitrogens with one attached hydrogen (secondary N) is 1. The molecule has 0 aliphatic rings. The quantitative estimate of drug-likeness (QED) is 0.771. The summed E-state index contributed by atoms with van der Waals surface area (Å²) in [7, 11) is 0. The number of nitrogens with two attached hydrogens (primary N) is 1. The second-order valence-electron chi connectivity index (χ2n) is 3.28. The van der Waals surface area contributed by atoms with Gasteiger partial charge in [-0.1, -0.05) is 18.2 Å². The van der Waals surface area contributed by atoms with Gasteiger partial charge in [0.15, 0.2) is 5.82 Å². The van der Waals surface area contributed by atoms with Crippen LogP contribution in [-0.2, 0) is 6.54 Å². The highest BCUT2D eigenvalue weighted by Crippen LogP contribution is 2.11. The van der Waals surface area contributed by atoms with Crippen molar-refractivity contribution in [2.75, 3.05) is 11.1 Å². The Hall–Kier alpha value is -2.17. The van der Waals surface area contributed by atoms with Gasteiger partial charge < -0.3 is 11.1 Å². The van der Waals surface area contributed by atoms with Crippen LogP contribution in [-0.4, -0.2) is 9.97 Å². The molecule has 2 aromatic rings. The van der Waals surface area contributed by atoms with Crippen LogP contribution in [0.3, 0.4) is 0 Å². The Kier molecular flexibility index (Phi) is 2.95. The monoisotopic (exact) mass is 218 g/mol. The van der Waals surface area contributed by atoms with E-state index in [1.807, 2.05) is 24.3 Å². The molecule has 0 fully saturated rings. The minimum Gasteiger partial charge on any atom is -0.398 e. The van der Waals surface area contributed by atoms with E-state index < -0.39 is 5.82 Å². The fourth-order valence-electron chi connectivity index (χ4n) is 1.27. The minimum atomic E-state index is -0.454. The van der Waals surface area contributed by atoms with Gasteiger partial charge in [-0.05, 0) is 11.6 Å². The van der Waals surface area contributed by atoms with Crippen LogP contribution in [0.1, 0.15) is 5.56 Å². The van der Waals surface area contributed by atoms with Crippen LogP contribution < -0.4 is 11.1 Å². The van der Waals surface area contributed by atoms with Gasteiger partial charge in [0.2, 0.25) is 5.95 Å². The van der Waals surface area contributed by atoms with E-state index >= 15 is 0 Å². The van der Waals surface area contributed by atoms with Crippen molar-refractivity contribution in [3.05, 3.63) is 48.0 Å². The first-order valence-corrected chi connectivity index (χ1v) is 4.80. The summed E-state index contributed by atoms with van der Waals surface area (Å²) in [5.74, 6) is -0.0746. The number of anilines is 2. The van der Waals surface area contributed by atoms with Crippen LogP contribution in [0.15, 0.2) is 36.7 Å². The van der Waals surface area contributed by atoms with Crippen LogP contribution in [0.2, 0.25) is 0 Å². The average molecular weight is 218 g/mol. The normalized spacial score (nSPS) is 10.1. The number of para-hydroxylation sites is 1. The summed E-state index contributed by atoms with van der Waals surface area (Å²) in [4.78, 5) is 7.57. The molecule has 0 spiro atoms. The highest BCUT2D eigenvalue weighted by Gasteiger charge is 1.99. The zero-order valence-electron chi connectivity index (χ0n) is 8.52. The first-order valence-electron chi connectivity index (χ1n) is 4.80. The van der Waals surface area contributed by atoms with Crippen LogP contribution in [0.5, 0.6) is 0 Å². The lowest BCUT2D eigenvalue weighted by molar-refractivity contribution is 0.614. The van der Waals surface area contributed by atoms with E-state index in [0.717, 1.165) is 18.0 Å². The molecule has 0 aliphatic carbocycles. The first kappa shape index (κ1) is 10.4. The van der Waals surface area contributed by atoms with Crippen LogP contribution >= 0.6 is 0 Å². The SMILES string of the molecule is Nc1ccccc1CNc1ncc(F)cn1. The molecule has 0 aliphatic heterocycles. The fraction of sp³-hybridized carbons (Fsp3) is 0.0909. The molecule has 4 nitrogen and oxygen atoms in total. The lowest BCUT2D eigenvalue weighted by atomic mass is 10.2. The minimum absolute atomic E-state index is 0.379. The van der Waals surface area contributed by atoms with E-state index in [1.54, 1.807) is 0 Å². The van der Waals surface area contributed by atoms with E-state index in [9.17, 15) is 4.39 Å². The number of nitrogens with zero attached hydrogens (tertiary/aromatic N) is 2. The first-order chi connectivity index (χ1) is 7.75. The Morgan fingerprint density at radius 3 is 2.56 bits per heavy atom. The van der Waals surface area contributed by atoms with Gasteiger partial charge in [0.05, 0.1) is 12.4 Å². The van der Waals surface area contributed by atoms with Gasteiger partial charge in [-0.2, -0.15) is 0 Å². The molecular formula is C11H11FN4. The highest BCUT2D eigenvalue weighted by molar-refractivity contribution is 5.47. The van der Waals surface area contributed by atoms with Crippen molar-refractivity contribution in [2.24, 2.45) is 0 Å². The number of benzene rings is 1. The molecule has 5 heteroatoms. The van der Waals surface area contributed by atoms with Crippen molar-refractivity contribution in [1.82, 2.24) is 9.97 Å². The number of rotatable bonds is 3. The Labute approximate surface area is 92.3 Å². The molecule has 0 saturated carbocycles. The van der Waals surface area contributed by atoms with Gasteiger partial charge in [-0.3, -0.25) is 0 Å². The smallest absolute Gasteiger partial charge is 0.223 e. The summed E-state index contributed by atoms with van der Waals surface area (Å²) in [5, 5.41) is 2.96. The lowest BCUT2D eigenvalue weighted by Crippen LogP contribution is -2.05. The molecular weight excluding hydrogens is 207 g/mol. The Balaban J connectivity index is 2.02. The molecule has 0 radical (unpaired) electrons. The van der Waals surface area contributed by atoms with Gasteiger partial charge in [0.1, 0.15) is 0 Å². The van der Waals surface area contributed by atoms with Crippen molar-refractivity contribution >= 4 is 11.6 Å². The Bertz CT molecular complexity index is 470. The molecule has 16 heavy (non-hydrogen) atoms. The zero-order valence-corrected chi connectivity index (χ0v) is 8.52. The summed E-state index contributed by atoms with van der Waals surface area (Å²) in [6, 6.07) is 7.50. The molecule has 0 unspecified atom stereocenters. The summed E-state index contributed by atoms with van der Waals surface area (Å²) in [5.41, 5.74) is 7.43. The molecule has 1 aromatic heterocycles. The Morgan fingerprint density at radius 2 is 1.88 bits per heavy atom. The van der Waals surface area contributed by atoms with Crippen molar-refractivity contribution in [1.29, 1.82) is 0 Å². The average Bonchev–Trinajstić information content (AvgIpc) is 2.30. The maximum atomic E-state index is 12.5. The van der Waals surface area contributed by atoms with E-state index in [2.05, 4.69) is 15.3 Å². The third-order valence-electron chi connectivity index (χ3n) is 2.11. The van der Waals surface area contributed by atoms with Crippen molar-refractivity contribution in [3.63, 3.8) is 0 Å². The maximum absolute atomic E-state index is 12.5. The molecule has 0 atom stereocenters. The van der Waals surface area contributed by atoms with Gasteiger partial charge in [-0.15, -0.1) is 0 Å². The molecule has 82 valence electrons. The van der Waals surface area contributed by atoms with Crippen LogP contribution in [0.25, 0.3) is 0 Å². The van der Waals surface area contributed by atoms with Gasteiger partial charge in [0.25, 0.3) is 0 Å². The summed E-state index contributed by atoms with van der Waals surface area (Å²) < 4.78 is 12.5. The summed E-state index contributed by atoms with van der Waals surface area (Å²) >= 11 is 0. The molecule has 2 rings (SSSR count). The number of aromatic nitrogens is 2. The largest absolute Gasteiger partial charge is 0.398 e. The number of halogens is 1. The predicted molar refractivity (Wildman–Crippen MR) is 60.2 cm³/mol. The predicted octanol–water partition coefficient (Wildman–Crippen LogP) is 1.81. The number of nitrogen functional groups attached to an aromatic ring is 1. The maximum Gasteiger partial charge on any atom is 0.223 e. The Morgan fingerprint density at radius 1 is 1.19 bits per heavy atom. The molecule has 0 amide bonds. The van der Waals surface area contributed by atoms with E-state index in [-0.39, 0.29) is 0 Å². The molecule has 1 aromatic carbocycles. The zero-order chi connectivity index (χ0) is 11.4. The molecule has 3 N–H and O–H groups in total. The lowest BCUT2D eigenvalue weighted by Gasteiger charge is -2.06. The summed E-state index contributed by atoms with van der Waals surface area (Å²) in [6.07, 6.45) is 2.23. The van der Waals surface area contributed by atoms with Gasteiger partial charge >= 0.3 is 0 Å². The third-order valence-corrected chi connectivity index (χ3v) is 2.11. The standard InChI is InChI=1S/C11H11FN4/c12-9-6-15-11(16-7-9)14-5-8-3-1-2-4-10(8)13/h1-4,6-7H,5,13H2,(H,14,15,16). The third kappa shape index (κ3) is 2.44. The van der Waals surface area contributed by atoms with E-state index in [1.165, 1.54) is 0 Å². The highest BCUT2D eigenvalue weighted by atomic mass is 19.1. The van der Waals surface area contributed by atoms with Gasteiger partial charge in [0, 0.05) is 12.2 Å². The van der Waals surface area contributed by atoms with Crippen molar-refractivity contribution < 1.29 is 4.39 Å². The van der Waals surface area contributed by atoms with Crippen LogP contribution in [0, 0.1) is 5.82 Å². The number of hydrogen-bond donors (Lipinski definition) is 2. The molecule has 0 saturated heterocycles.